The van der Waals surface area contributed by atoms with Crippen molar-refractivity contribution in [1.29, 1.82) is 0 Å². The van der Waals surface area contributed by atoms with Crippen LogP contribution in [0.5, 0.6) is 0 Å². The summed E-state index contributed by atoms with van der Waals surface area (Å²) in [6, 6.07) is 0. The molecule has 2 aliphatic rings. The van der Waals surface area contributed by atoms with Crippen molar-refractivity contribution >= 4 is 0 Å². The Labute approximate surface area is 86.6 Å². The molecule has 0 aromatic carbocycles. The maximum Gasteiger partial charge on any atom is 0.522 e. The summed E-state index contributed by atoms with van der Waals surface area (Å²) in [6.07, 6.45) is -4.49. The summed E-state index contributed by atoms with van der Waals surface area (Å²) >= 11 is 0. The highest BCUT2D eigenvalue weighted by Gasteiger charge is 2.36. The molecule has 0 bridgehead atoms. The minimum absolute atomic E-state index is 0.254. The lowest BCUT2D eigenvalue weighted by molar-refractivity contribution is -0.324. The average molecular weight is 224 g/mol. The summed E-state index contributed by atoms with van der Waals surface area (Å²) in [5, 5.41) is 3.29. The van der Waals surface area contributed by atoms with E-state index in [1.54, 1.807) is 0 Å². The summed E-state index contributed by atoms with van der Waals surface area (Å²) in [6.45, 7) is 3.93. The summed E-state index contributed by atoms with van der Waals surface area (Å²) in [4.78, 5) is 2.06. The van der Waals surface area contributed by atoms with Gasteiger partial charge in [-0.15, -0.1) is 13.2 Å². The Bertz CT molecular complexity index is 210. The Kier molecular flexibility index (Phi) is 3.18. The monoisotopic (exact) mass is 224 g/mol. The molecule has 2 atom stereocenters. The highest BCUT2D eigenvalue weighted by atomic mass is 19.4. The second kappa shape index (κ2) is 4.27. The molecule has 2 fully saturated rings. The van der Waals surface area contributed by atoms with Crippen molar-refractivity contribution in [2.75, 3.05) is 39.3 Å². The van der Waals surface area contributed by atoms with E-state index in [4.69, 9.17) is 0 Å². The smallest absolute Gasteiger partial charge is 0.316 e. The molecule has 88 valence electrons. The van der Waals surface area contributed by atoms with Crippen LogP contribution in [-0.4, -0.2) is 50.6 Å². The molecule has 0 saturated carbocycles. The van der Waals surface area contributed by atoms with Crippen LogP contribution >= 0.6 is 0 Å². The van der Waals surface area contributed by atoms with Crippen LogP contribution in [0.2, 0.25) is 0 Å². The molecule has 0 spiro atoms. The summed E-state index contributed by atoms with van der Waals surface area (Å²) < 4.78 is 38.9. The van der Waals surface area contributed by atoms with Gasteiger partial charge in [0.2, 0.25) is 0 Å². The molecule has 1 N–H and O–H groups in total. The van der Waals surface area contributed by atoms with Gasteiger partial charge < -0.3 is 10.2 Å². The van der Waals surface area contributed by atoms with E-state index in [0.29, 0.717) is 18.4 Å². The van der Waals surface area contributed by atoms with Gasteiger partial charge in [-0.25, -0.2) is 0 Å². The first-order valence-corrected chi connectivity index (χ1v) is 5.18. The number of hydrogen-bond donors (Lipinski definition) is 1. The topological polar surface area (TPSA) is 24.5 Å². The van der Waals surface area contributed by atoms with Gasteiger partial charge in [-0.2, -0.15) is 0 Å². The second-order valence-electron chi connectivity index (χ2n) is 4.23. The normalized spacial score (nSPS) is 32.2. The minimum atomic E-state index is -4.49. The predicted molar refractivity (Wildman–Crippen MR) is 48.3 cm³/mol. The molecule has 2 rings (SSSR count). The van der Waals surface area contributed by atoms with E-state index >= 15 is 0 Å². The molecule has 0 aromatic heterocycles. The number of nitrogens with one attached hydrogen (secondary N) is 1. The maximum atomic E-state index is 11.7. The van der Waals surface area contributed by atoms with Crippen molar-refractivity contribution in [3.05, 3.63) is 0 Å². The molecule has 15 heavy (non-hydrogen) atoms. The molecular formula is C9H15F3N2O. The molecule has 6 heteroatoms. The first-order valence-electron chi connectivity index (χ1n) is 5.18. The number of alkyl halides is 3. The minimum Gasteiger partial charge on any atom is -0.316 e. The van der Waals surface area contributed by atoms with Gasteiger partial charge in [0.25, 0.3) is 0 Å². The van der Waals surface area contributed by atoms with Crippen molar-refractivity contribution in [1.82, 2.24) is 10.2 Å². The van der Waals surface area contributed by atoms with Gasteiger partial charge in [-0.3, -0.25) is 4.74 Å². The van der Waals surface area contributed by atoms with Crippen LogP contribution in [0.3, 0.4) is 0 Å². The number of rotatable bonds is 3. The molecule has 3 nitrogen and oxygen atoms in total. The molecule has 0 amide bonds. The number of halogens is 3. The van der Waals surface area contributed by atoms with Gasteiger partial charge in [-0.1, -0.05) is 0 Å². The fourth-order valence-corrected chi connectivity index (χ4v) is 2.43. The first kappa shape index (κ1) is 11.2. The lowest BCUT2D eigenvalue weighted by atomic mass is 10.0. The second-order valence-corrected chi connectivity index (χ2v) is 4.23. The third-order valence-corrected chi connectivity index (χ3v) is 3.14. The van der Waals surface area contributed by atoms with Gasteiger partial charge in [0.1, 0.15) is 0 Å². The highest BCUT2D eigenvalue weighted by molar-refractivity contribution is 4.90. The van der Waals surface area contributed by atoms with Gasteiger partial charge in [-0.05, 0) is 24.9 Å². The Balaban J connectivity index is 1.65. The number of hydrogen-bond acceptors (Lipinski definition) is 3. The predicted octanol–water partition coefficient (Wildman–Crippen LogP) is 0.674. The van der Waals surface area contributed by atoms with Crippen LogP contribution in [0.4, 0.5) is 13.2 Å². The molecular weight excluding hydrogens is 209 g/mol. The van der Waals surface area contributed by atoms with Crippen LogP contribution < -0.4 is 5.32 Å². The largest absolute Gasteiger partial charge is 0.522 e. The fourth-order valence-electron chi connectivity index (χ4n) is 2.43. The van der Waals surface area contributed by atoms with Crippen LogP contribution in [0.25, 0.3) is 0 Å². The summed E-state index contributed by atoms with van der Waals surface area (Å²) in [5.41, 5.74) is 0. The van der Waals surface area contributed by atoms with Crippen molar-refractivity contribution in [2.45, 2.75) is 6.36 Å². The lowest BCUT2D eigenvalue weighted by Gasteiger charge is -2.17. The van der Waals surface area contributed by atoms with Gasteiger partial charge in [0.15, 0.2) is 0 Å². The molecule has 2 saturated heterocycles. The van der Waals surface area contributed by atoms with Crippen molar-refractivity contribution in [3.8, 4) is 0 Å². The zero-order chi connectivity index (χ0) is 10.9. The van der Waals surface area contributed by atoms with E-state index in [1.165, 1.54) is 0 Å². The third kappa shape index (κ3) is 3.06. The van der Waals surface area contributed by atoms with E-state index in [2.05, 4.69) is 15.0 Å². The van der Waals surface area contributed by atoms with Gasteiger partial charge >= 0.3 is 6.36 Å². The third-order valence-electron chi connectivity index (χ3n) is 3.14. The first-order chi connectivity index (χ1) is 7.04. The molecule has 0 aliphatic carbocycles. The van der Waals surface area contributed by atoms with Gasteiger partial charge in [0, 0.05) is 19.6 Å². The zero-order valence-corrected chi connectivity index (χ0v) is 8.39. The van der Waals surface area contributed by atoms with Crippen LogP contribution in [0.15, 0.2) is 0 Å². The van der Waals surface area contributed by atoms with Crippen molar-refractivity contribution in [2.24, 2.45) is 11.8 Å². The van der Waals surface area contributed by atoms with E-state index in [-0.39, 0.29) is 6.61 Å². The Morgan fingerprint density at radius 2 is 1.80 bits per heavy atom. The van der Waals surface area contributed by atoms with Crippen molar-refractivity contribution < 1.29 is 17.9 Å². The molecule has 2 heterocycles. The standard InChI is InChI=1S/C9H15F3N2O/c10-9(11,12)15-2-1-14-5-7-3-13-4-8(7)6-14/h7-8,13H,1-6H2. The van der Waals surface area contributed by atoms with E-state index in [1.807, 2.05) is 0 Å². The molecule has 0 aromatic rings. The number of likely N-dealkylation sites (tertiary alicyclic amines) is 1. The van der Waals surface area contributed by atoms with Crippen molar-refractivity contribution in [3.63, 3.8) is 0 Å². The molecule has 0 radical (unpaired) electrons. The number of fused-ring (bicyclic) bond motifs is 1. The van der Waals surface area contributed by atoms with Crippen LogP contribution in [0, 0.1) is 11.8 Å². The van der Waals surface area contributed by atoms with E-state index in [0.717, 1.165) is 26.2 Å². The van der Waals surface area contributed by atoms with E-state index < -0.39 is 6.36 Å². The Morgan fingerprint density at radius 3 is 2.33 bits per heavy atom. The number of nitrogens with zero attached hydrogens (tertiary/aromatic N) is 1. The lowest BCUT2D eigenvalue weighted by Crippen LogP contribution is -2.30. The summed E-state index contributed by atoms with van der Waals surface area (Å²) in [7, 11) is 0. The van der Waals surface area contributed by atoms with Gasteiger partial charge in [0.05, 0.1) is 6.61 Å². The SMILES string of the molecule is FC(F)(F)OCCN1CC2CNCC2C1. The fraction of sp³-hybridized carbons (Fsp3) is 1.00. The molecule has 2 aliphatic heterocycles. The average Bonchev–Trinajstić information content (AvgIpc) is 2.60. The van der Waals surface area contributed by atoms with E-state index in [9.17, 15) is 13.2 Å². The molecule has 2 unspecified atom stereocenters. The zero-order valence-electron chi connectivity index (χ0n) is 8.39. The Morgan fingerprint density at radius 1 is 1.20 bits per heavy atom. The highest BCUT2D eigenvalue weighted by Crippen LogP contribution is 2.26. The summed E-state index contributed by atoms with van der Waals surface area (Å²) in [5.74, 6) is 1.24. The maximum absolute atomic E-state index is 11.7. The number of ether oxygens (including phenoxy) is 1. The van der Waals surface area contributed by atoms with Crippen LogP contribution in [-0.2, 0) is 4.74 Å². The Hall–Kier alpha value is -0.330. The quantitative estimate of drug-likeness (QED) is 0.762. The van der Waals surface area contributed by atoms with Crippen LogP contribution in [0.1, 0.15) is 0 Å².